The molecule has 0 atom stereocenters. The summed E-state index contributed by atoms with van der Waals surface area (Å²) in [5.74, 6) is 1.85. The van der Waals surface area contributed by atoms with E-state index >= 15 is 0 Å². The number of hydrogen-bond acceptors (Lipinski definition) is 3. The summed E-state index contributed by atoms with van der Waals surface area (Å²) in [7, 11) is 0. The van der Waals surface area contributed by atoms with Gasteiger partial charge in [0.05, 0.1) is 0 Å². The van der Waals surface area contributed by atoms with E-state index < -0.39 is 0 Å². The molecule has 0 aliphatic carbocycles. The number of fused-ring (bicyclic) bond motifs is 2. The molecular weight excluding hydrogens is 204 g/mol. The molecular formula is C13H10O3. The average Bonchev–Trinajstić information content (AvgIpc) is 2.28. The highest BCUT2D eigenvalue weighted by atomic mass is 16.5. The standard InChI is InChI=1S/C13H10O3/c14-9-4-5-12-8(6-9)7-10-11(15)2-1-3-13(10)16-12/h1-6,14-15H,7H2. The van der Waals surface area contributed by atoms with Crippen molar-refractivity contribution in [1.82, 2.24) is 0 Å². The fraction of sp³-hybridized carbons (Fsp3) is 0.0769. The van der Waals surface area contributed by atoms with Crippen molar-refractivity contribution in [2.24, 2.45) is 0 Å². The molecule has 3 nitrogen and oxygen atoms in total. The van der Waals surface area contributed by atoms with Crippen molar-refractivity contribution >= 4 is 0 Å². The Morgan fingerprint density at radius 1 is 1.00 bits per heavy atom. The number of aromatic hydroxyl groups is 2. The van der Waals surface area contributed by atoms with Crippen molar-refractivity contribution < 1.29 is 14.9 Å². The van der Waals surface area contributed by atoms with Crippen LogP contribution in [0.5, 0.6) is 23.0 Å². The van der Waals surface area contributed by atoms with Crippen LogP contribution in [0, 0.1) is 0 Å². The van der Waals surface area contributed by atoms with E-state index in [1.165, 1.54) is 0 Å². The van der Waals surface area contributed by atoms with Gasteiger partial charge in [-0.3, -0.25) is 0 Å². The summed E-state index contributed by atoms with van der Waals surface area (Å²) in [4.78, 5) is 0. The SMILES string of the molecule is Oc1ccc2c(c1)Cc1c(O)cccc1O2. The highest BCUT2D eigenvalue weighted by Gasteiger charge is 2.19. The molecule has 80 valence electrons. The third kappa shape index (κ3) is 1.29. The molecule has 1 aliphatic heterocycles. The molecule has 0 amide bonds. The molecule has 2 aromatic rings. The van der Waals surface area contributed by atoms with Crippen molar-refractivity contribution in [2.45, 2.75) is 6.42 Å². The van der Waals surface area contributed by atoms with Crippen LogP contribution in [-0.2, 0) is 6.42 Å². The highest BCUT2D eigenvalue weighted by molar-refractivity contribution is 5.55. The summed E-state index contributed by atoms with van der Waals surface area (Å²) < 4.78 is 5.64. The van der Waals surface area contributed by atoms with E-state index in [1.807, 2.05) is 6.07 Å². The van der Waals surface area contributed by atoms with Gasteiger partial charge in [-0.2, -0.15) is 0 Å². The fourth-order valence-electron chi connectivity index (χ4n) is 1.94. The summed E-state index contributed by atoms with van der Waals surface area (Å²) in [6, 6.07) is 10.2. The monoisotopic (exact) mass is 214 g/mol. The van der Waals surface area contributed by atoms with Gasteiger partial charge < -0.3 is 14.9 Å². The quantitative estimate of drug-likeness (QED) is 0.605. The van der Waals surface area contributed by atoms with Crippen LogP contribution in [0.25, 0.3) is 0 Å². The van der Waals surface area contributed by atoms with Crippen molar-refractivity contribution in [3.63, 3.8) is 0 Å². The van der Waals surface area contributed by atoms with E-state index in [0.29, 0.717) is 12.2 Å². The molecule has 0 radical (unpaired) electrons. The largest absolute Gasteiger partial charge is 0.508 e. The van der Waals surface area contributed by atoms with E-state index in [-0.39, 0.29) is 11.5 Å². The number of hydrogen-bond donors (Lipinski definition) is 2. The second-order valence-electron chi connectivity index (χ2n) is 3.82. The van der Waals surface area contributed by atoms with E-state index in [9.17, 15) is 10.2 Å². The molecule has 0 spiro atoms. The molecule has 16 heavy (non-hydrogen) atoms. The van der Waals surface area contributed by atoms with Crippen LogP contribution in [0.2, 0.25) is 0 Å². The minimum absolute atomic E-state index is 0.209. The Hall–Kier alpha value is -2.16. The molecule has 0 saturated carbocycles. The van der Waals surface area contributed by atoms with Gasteiger partial charge in [-0.1, -0.05) is 6.07 Å². The maximum Gasteiger partial charge on any atom is 0.134 e. The topological polar surface area (TPSA) is 49.7 Å². The van der Waals surface area contributed by atoms with E-state index in [4.69, 9.17) is 4.74 Å². The lowest BCUT2D eigenvalue weighted by Crippen LogP contribution is -2.02. The van der Waals surface area contributed by atoms with Gasteiger partial charge in [0.15, 0.2) is 0 Å². The number of rotatable bonds is 0. The van der Waals surface area contributed by atoms with Gasteiger partial charge in [0.1, 0.15) is 23.0 Å². The molecule has 0 unspecified atom stereocenters. The van der Waals surface area contributed by atoms with Crippen molar-refractivity contribution in [3.8, 4) is 23.0 Å². The van der Waals surface area contributed by atoms with Crippen LogP contribution in [0.3, 0.4) is 0 Å². The zero-order valence-electron chi connectivity index (χ0n) is 8.47. The third-order valence-corrected chi connectivity index (χ3v) is 2.74. The molecule has 1 heterocycles. The highest BCUT2D eigenvalue weighted by Crippen LogP contribution is 2.41. The van der Waals surface area contributed by atoms with Gasteiger partial charge in [0.2, 0.25) is 0 Å². The lowest BCUT2D eigenvalue weighted by Gasteiger charge is -2.20. The zero-order valence-corrected chi connectivity index (χ0v) is 8.47. The summed E-state index contributed by atoms with van der Waals surface area (Å²) in [6.45, 7) is 0. The molecule has 0 bridgehead atoms. The molecule has 2 N–H and O–H groups in total. The minimum atomic E-state index is 0.209. The van der Waals surface area contributed by atoms with Crippen LogP contribution in [0.15, 0.2) is 36.4 Å². The number of phenols is 2. The first-order valence-electron chi connectivity index (χ1n) is 5.04. The van der Waals surface area contributed by atoms with Crippen LogP contribution >= 0.6 is 0 Å². The van der Waals surface area contributed by atoms with Crippen LogP contribution in [0.4, 0.5) is 0 Å². The Bertz CT molecular complexity index is 561. The Kier molecular flexibility index (Phi) is 1.80. The lowest BCUT2D eigenvalue weighted by molar-refractivity contribution is 0.428. The van der Waals surface area contributed by atoms with Crippen molar-refractivity contribution in [1.29, 1.82) is 0 Å². The lowest BCUT2D eigenvalue weighted by atomic mass is 9.99. The normalized spacial score (nSPS) is 12.5. The summed E-state index contributed by atoms with van der Waals surface area (Å²) in [6.07, 6.45) is 0.575. The molecule has 3 heteroatoms. The average molecular weight is 214 g/mol. The van der Waals surface area contributed by atoms with Gasteiger partial charge in [0.25, 0.3) is 0 Å². The predicted octanol–water partition coefficient (Wildman–Crippen LogP) is 2.79. The Labute approximate surface area is 92.5 Å². The van der Waals surface area contributed by atoms with Crippen molar-refractivity contribution in [2.75, 3.05) is 0 Å². The first-order valence-corrected chi connectivity index (χ1v) is 5.04. The fourth-order valence-corrected chi connectivity index (χ4v) is 1.94. The van der Waals surface area contributed by atoms with Crippen LogP contribution in [0.1, 0.15) is 11.1 Å². The molecule has 0 aromatic heterocycles. The van der Waals surface area contributed by atoms with E-state index in [0.717, 1.165) is 16.9 Å². The molecule has 3 rings (SSSR count). The number of benzene rings is 2. The van der Waals surface area contributed by atoms with Crippen LogP contribution < -0.4 is 4.74 Å². The zero-order chi connectivity index (χ0) is 11.1. The first-order chi connectivity index (χ1) is 7.74. The maximum absolute atomic E-state index is 9.71. The molecule has 0 saturated heterocycles. The maximum atomic E-state index is 9.71. The van der Waals surface area contributed by atoms with Crippen LogP contribution in [-0.4, -0.2) is 10.2 Å². The van der Waals surface area contributed by atoms with E-state index in [2.05, 4.69) is 0 Å². The Balaban J connectivity index is 2.13. The van der Waals surface area contributed by atoms with Gasteiger partial charge in [-0.15, -0.1) is 0 Å². The summed E-state index contributed by atoms with van der Waals surface area (Å²) >= 11 is 0. The van der Waals surface area contributed by atoms with Gasteiger partial charge in [-0.05, 0) is 30.3 Å². The van der Waals surface area contributed by atoms with E-state index in [1.54, 1.807) is 30.3 Å². The second kappa shape index (κ2) is 3.17. The Morgan fingerprint density at radius 2 is 1.88 bits per heavy atom. The summed E-state index contributed by atoms with van der Waals surface area (Å²) in [5.41, 5.74) is 1.65. The van der Waals surface area contributed by atoms with Gasteiger partial charge in [-0.25, -0.2) is 0 Å². The minimum Gasteiger partial charge on any atom is -0.508 e. The first kappa shape index (κ1) is 9.09. The Morgan fingerprint density at radius 3 is 2.75 bits per heavy atom. The molecule has 2 aromatic carbocycles. The summed E-state index contributed by atoms with van der Waals surface area (Å²) in [5, 5.41) is 19.1. The third-order valence-electron chi connectivity index (χ3n) is 2.74. The smallest absolute Gasteiger partial charge is 0.134 e. The molecule has 1 aliphatic rings. The van der Waals surface area contributed by atoms with Crippen molar-refractivity contribution in [3.05, 3.63) is 47.5 Å². The number of ether oxygens (including phenoxy) is 1. The second-order valence-corrected chi connectivity index (χ2v) is 3.82. The van der Waals surface area contributed by atoms with Gasteiger partial charge >= 0.3 is 0 Å². The van der Waals surface area contributed by atoms with Gasteiger partial charge in [0, 0.05) is 17.5 Å². The molecule has 0 fully saturated rings. The predicted molar refractivity (Wildman–Crippen MR) is 59.1 cm³/mol. The number of phenolic OH excluding ortho intramolecular Hbond substituents is 2.